The number of nitrogens with one attached hydrogen (secondary N) is 1. The van der Waals surface area contributed by atoms with E-state index < -0.39 is 0 Å². The Morgan fingerprint density at radius 3 is 2.89 bits per heavy atom. The molecule has 0 aliphatic carbocycles. The highest BCUT2D eigenvalue weighted by Crippen LogP contribution is 2.29. The maximum atomic E-state index is 10.5. The van der Waals surface area contributed by atoms with Crippen LogP contribution in [0.4, 0.5) is 0 Å². The fourth-order valence-electron chi connectivity index (χ4n) is 3.89. The second-order valence-electron chi connectivity index (χ2n) is 7.51. The number of nitrogens with zero attached hydrogens (tertiary/aromatic N) is 4. The molecule has 1 saturated heterocycles. The number of benzene rings is 1. The van der Waals surface area contributed by atoms with Crippen LogP contribution in [0.3, 0.4) is 0 Å². The molecule has 1 aliphatic rings. The number of hydrogen-bond donors (Lipinski definition) is 2. The van der Waals surface area contributed by atoms with E-state index in [0.717, 1.165) is 36.5 Å². The Morgan fingerprint density at radius 2 is 2.07 bits per heavy atom. The number of hydrogen-bond acceptors (Lipinski definition) is 5. The molecule has 140 valence electrons. The molecule has 1 fully saturated rings. The molecule has 27 heavy (non-hydrogen) atoms. The highest BCUT2D eigenvalue weighted by molar-refractivity contribution is 5.67. The summed E-state index contributed by atoms with van der Waals surface area (Å²) >= 11 is 0. The Morgan fingerprint density at radius 1 is 1.19 bits per heavy atom. The van der Waals surface area contributed by atoms with Crippen molar-refractivity contribution in [2.75, 3.05) is 13.1 Å². The Kier molecular flexibility index (Phi) is 5.01. The molecule has 2 N–H and O–H groups in total. The number of likely N-dealkylation sites (tertiary alicyclic amines) is 1. The summed E-state index contributed by atoms with van der Waals surface area (Å²) in [4.78, 5) is 10.8. The molecule has 1 aromatic carbocycles. The second kappa shape index (κ2) is 7.58. The molecule has 6 nitrogen and oxygen atoms in total. The lowest BCUT2D eigenvalue weighted by Gasteiger charge is -2.16. The van der Waals surface area contributed by atoms with Gasteiger partial charge in [0, 0.05) is 55.3 Å². The first kappa shape index (κ1) is 17.8. The molecule has 6 heteroatoms. The van der Waals surface area contributed by atoms with Crippen molar-refractivity contribution in [1.82, 2.24) is 25.1 Å². The molecular weight excluding hydrogens is 338 g/mol. The molecule has 0 unspecified atom stereocenters. The third-order valence-corrected chi connectivity index (χ3v) is 5.34. The van der Waals surface area contributed by atoms with Crippen LogP contribution in [-0.2, 0) is 13.0 Å². The van der Waals surface area contributed by atoms with E-state index in [9.17, 15) is 5.11 Å². The van der Waals surface area contributed by atoms with Gasteiger partial charge < -0.3 is 5.11 Å². The van der Waals surface area contributed by atoms with Gasteiger partial charge in [-0.3, -0.25) is 20.0 Å². The Balaban J connectivity index is 1.48. The van der Waals surface area contributed by atoms with Gasteiger partial charge in [-0.2, -0.15) is 5.10 Å². The van der Waals surface area contributed by atoms with E-state index in [0.29, 0.717) is 6.54 Å². The zero-order chi connectivity index (χ0) is 18.8. The van der Waals surface area contributed by atoms with Crippen molar-refractivity contribution in [2.45, 2.75) is 32.9 Å². The van der Waals surface area contributed by atoms with Gasteiger partial charge in [-0.1, -0.05) is 17.7 Å². The van der Waals surface area contributed by atoms with E-state index in [1.54, 1.807) is 18.6 Å². The molecule has 0 radical (unpaired) electrons. The first-order valence-electron chi connectivity index (χ1n) is 9.35. The number of aromatic nitrogens is 4. The summed E-state index contributed by atoms with van der Waals surface area (Å²) in [5.74, 6) is 0.178. The van der Waals surface area contributed by atoms with Gasteiger partial charge in [0.25, 0.3) is 0 Å². The van der Waals surface area contributed by atoms with Gasteiger partial charge in [-0.15, -0.1) is 0 Å². The van der Waals surface area contributed by atoms with Crippen LogP contribution in [-0.4, -0.2) is 49.4 Å². The van der Waals surface area contributed by atoms with Crippen molar-refractivity contribution in [3.8, 4) is 11.3 Å². The highest BCUT2D eigenvalue weighted by atomic mass is 16.3. The first-order chi connectivity index (χ1) is 13.1. The topological polar surface area (TPSA) is 77.9 Å². The van der Waals surface area contributed by atoms with Crippen molar-refractivity contribution in [2.24, 2.45) is 5.92 Å². The highest BCUT2D eigenvalue weighted by Gasteiger charge is 2.32. The van der Waals surface area contributed by atoms with Crippen molar-refractivity contribution >= 4 is 0 Å². The standard InChI is InChI=1S/C21H25N5O/c1-14-3-4-15(2)19(7-14)21-17(9-24-25-21)12-26-11-16(20(27)13-26)8-18-10-22-5-6-23-18/h3-7,9-10,16,20,27H,8,11-13H2,1-2H3,(H,24,25)/t16-,20-/m1/s1. The van der Waals surface area contributed by atoms with Gasteiger partial charge in [-0.05, 0) is 31.9 Å². The second-order valence-corrected chi connectivity index (χ2v) is 7.51. The number of aliphatic hydroxyl groups excluding tert-OH is 1. The molecule has 3 aromatic rings. The summed E-state index contributed by atoms with van der Waals surface area (Å²) in [6.07, 6.45) is 7.47. The molecule has 2 aromatic heterocycles. The Hall–Kier alpha value is -2.57. The number of H-pyrrole nitrogens is 1. The molecule has 0 amide bonds. The van der Waals surface area contributed by atoms with Crippen LogP contribution in [0.5, 0.6) is 0 Å². The van der Waals surface area contributed by atoms with Crippen LogP contribution in [0.25, 0.3) is 11.3 Å². The van der Waals surface area contributed by atoms with Crippen LogP contribution >= 0.6 is 0 Å². The molecule has 0 saturated carbocycles. The number of aryl methyl sites for hydroxylation is 2. The minimum absolute atomic E-state index is 0.178. The summed E-state index contributed by atoms with van der Waals surface area (Å²) in [7, 11) is 0. The third-order valence-electron chi connectivity index (χ3n) is 5.34. The van der Waals surface area contributed by atoms with Crippen LogP contribution in [0.2, 0.25) is 0 Å². The summed E-state index contributed by atoms with van der Waals surface area (Å²) in [6.45, 7) is 6.51. The maximum Gasteiger partial charge on any atom is 0.0711 e. The predicted octanol–water partition coefficient (Wildman–Crippen LogP) is 2.52. The minimum Gasteiger partial charge on any atom is -0.391 e. The number of aliphatic hydroxyl groups is 1. The van der Waals surface area contributed by atoms with E-state index in [2.05, 4.69) is 57.1 Å². The fraction of sp³-hybridized carbons (Fsp3) is 0.381. The molecule has 0 spiro atoms. The first-order valence-corrected chi connectivity index (χ1v) is 9.35. The van der Waals surface area contributed by atoms with Crippen molar-refractivity contribution in [3.05, 3.63) is 65.4 Å². The maximum absolute atomic E-state index is 10.5. The predicted molar refractivity (Wildman–Crippen MR) is 104 cm³/mol. The van der Waals surface area contributed by atoms with E-state index in [-0.39, 0.29) is 12.0 Å². The van der Waals surface area contributed by atoms with Gasteiger partial charge in [0.2, 0.25) is 0 Å². The lowest BCUT2D eigenvalue weighted by molar-refractivity contribution is 0.140. The number of rotatable bonds is 5. The minimum atomic E-state index is -0.344. The van der Waals surface area contributed by atoms with Crippen LogP contribution < -0.4 is 0 Å². The lowest BCUT2D eigenvalue weighted by atomic mass is 10.00. The van der Waals surface area contributed by atoms with E-state index in [4.69, 9.17) is 0 Å². The van der Waals surface area contributed by atoms with E-state index in [1.807, 2.05) is 6.20 Å². The SMILES string of the molecule is Cc1ccc(C)c(-c2[nH]ncc2CN2C[C@@H](Cc3cnccn3)[C@H](O)C2)c1. The lowest BCUT2D eigenvalue weighted by Crippen LogP contribution is -2.21. The fourth-order valence-corrected chi connectivity index (χ4v) is 3.89. The van der Waals surface area contributed by atoms with Crippen LogP contribution in [0.1, 0.15) is 22.4 Å². The van der Waals surface area contributed by atoms with Crippen molar-refractivity contribution < 1.29 is 5.11 Å². The largest absolute Gasteiger partial charge is 0.391 e. The van der Waals surface area contributed by atoms with Gasteiger partial charge in [0.1, 0.15) is 0 Å². The van der Waals surface area contributed by atoms with Crippen LogP contribution in [0.15, 0.2) is 43.0 Å². The van der Waals surface area contributed by atoms with Gasteiger partial charge >= 0.3 is 0 Å². The van der Waals surface area contributed by atoms with Crippen LogP contribution in [0, 0.1) is 19.8 Å². The number of aromatic amines is 1. The molecule has 1 aliphatic heterocycles. The molecular formula is C21H25N5O. The summed E-state index contributed by atoms with van der Waals surface area (Å²) in [6, 6.07) is 6.47. The molecule has 0 bridgehead atoms. The zero-order valence-corrected chi connectivity index (χ0v) is 15.8. The quantitative estimate of drug-likeness (QED) is 0.728. The average molecular weight is 363 g/mol. The van der Waals surface area contributed by atoms with Gasteiger partial charge in [0.15, 0.2) is 0 Å². The van der Waals surface area contributed by atoms with Crippen molar-refractivity contribution in [1.29, 1.82) is 0 Å². The Bertz CT molecular complexity index is 908. The molecule has 2 atom stereocenters. The van der Waals surface area contributed by atoms with E-state index >= 15 is 0 Å². The normalized spacial score (nSPS) is 20.3. The zero-order valence-electron chi connectivity index (χ0n) is 15.8. The Labute approximate surface area is 159 Å². The summed E-state index contributed by atoms with van der Waals surface area (Å²) in [5, 5.41) is 18.0. The average Bonchev–Trinajstić information content (AvgIpc) is 3.25. The smallest absolute Gasteiger partial charge is 0.0711 e. The van der Waals surface area contributed by atoms with Crippen molar-refractivity contribution in [3.63, 3.8) is 0 Å². The monoisotopic (exact) mass is 363 g/mol. The molecule has 4 rings (SSSR count). The van der Waals surface area contributed by atoms with Gasteiger partial charge in [-0.25, -0.2) is 0 Å². The number of β-amino-alcohol motifs (C(OH)–C–C–N with tert-alkyl or cyclic N) is 1. The molecule has 3 heterocycles. The van der Waals surface area contributed by atoms with E-state index in [1.165, 1.54) is 16.7 Å². The van der Waals surface area contributed by atoms with Gasteiger partial charge in [0.05, 0.1) is 23.7 Å². The third kappa shape index (κ3) is 3.91. The summed E-state index contributed by atoms with van der Waals surface area (Å²) in [5.41, 5.74) is 6.82. The summed E-state index contributed by atoms with van der Waals surface area (Å²) < 4.78 is 0.